The van der Waals surface area contributed by atoms with Gasteiger partial charge in [0.25, 0.3) is 0 Å². The van der Waals surface area contributed by atoms with Gasteiger partial charge in [-0.1, -0.05) is 6.07 Å². The molecule has 0 saturated carbocycles. The topological polar surface area (TPSA) is 47.1 Å². The Labute approximate surface area is 115 Å². The van der Waals surface area contributed by atoms with E-state index < -0.39 is 0 Å². The van der Waals surface area contributed by atoms with Crippen molar-refractivity contribution < 1.29 is 0 Å². The van der Waals surface area contributed by atoms with Gasteiger partial charge in [-0.3, -0.25) is 0 Å². The summed E-state index contributed by atoms with van der Waals surface area (Å²) in [5.74, 6) is 0.618. The van der Waals surface area contributed by atoms with Gasteiger partial charge in [0.1, 0.15) is 0 Å². The molecule has 2 rings (SSSR count). The fourth-order valence-electron chi connectivity index (χ4n) is 2.22. The summed E-state index contributed by atoms with van der Waals surface area (Å²) in [5, 5.41) is 0. The van der Waals surface area contributed by atoms with Crippen LogP contribution in [0.15, 0.2) is 18.2 Å². The molecule has 0 radical (unpaired) electrons. The van der Waals surface area contributed by atoms with Crippen LogP contribution in [0.4, 0.5) is 5.95 Å². The van der Waals surface area contributed by atoms with E-state index in [1.54, 1.807) is 0 Å². The monoisotopic (exact) mass is 260 g/mol. The van der Waals surface area contributed by atoms with E-state index in [2.05, 4.69) is 54.4 Å². The first-order valence-electron chi connectivity index (χ1n) is 6.91. The molecule has 2 aromatic rings. The first-order chi connectivity index (χ1) is 8.99. The number of benzene rings is 1. The molecular weight excluding hydrogens is 236 g/mol. The maximum absolute atomic E-state index is 6.02. The zero-order valence-electron chi connectivity index (χ0n) is 12.3. The van der Waals surface area contributed by atoms with Crippen molar-refractivity contribution in [3.63, 3.8) is 0 Å². The van der Waals surface area contributed by atoms with E-state index in [0.717, 1.165) is 30.5 Å². The lowest BCUT2D eigenvalue weighted by atomic mass is 10.2. The number of anilines is 1. The zero-order chi connectivity index (χ0) is 14.0. The maximum Gasteiger partial charge on any atom is 0.201 e. The van der Waals surface area contributed by atoms with Crippen molar-refractivity contribution in [1.82, 2.24) is 14.5 Å². The summed E-state index contributed by atoms with van der Waals surface area (Å²) in [5.41, 5.74) is 9.39. The molecule has 0 bridgehead atoms. The van der Waals surface area contributed by atoms with Gasteiger partial charge in [-0.25, -0.2) is 4.98 Å². The number of fused-ring (bicyclic) bond motifs is 1. The van der Waals surface area contributed by atoms with Crippen LogP contribution in [0.25, 0.3) is 11.0 Å². The van der Waals surface area contributed by atoms with Gasteiger partial charge in [0, 0.05) is 12.6 Å². The number of hydrogen-bond donors (Lipinski definition) is 1. The van der Waals surface area contributed by atoms with Gasteiger partial charge >= 0.3 is 0 Å². The van der Waals surface area contributed by atoms with Crippen LogP contribution in [0.3, 0.4) is 0 Å². The second-order valence-corrected chi connectivity index (χ2v) is 5.54. The van der Waals surface area contributed by atoms with E-state index in [-0.39, 0.29) is 0 Å². The van der Waals surface area contributed by atoms with E-state index in [4.69, 9.17) is 5.73 Å². The molecule has 0 aliphatic carbocycles. The third-order valence-corrected chi connectivity index (χ3v) is 3.71. The molecule has 0 saturated heterocycles. The van der Waals surface area contributed by atoms with Gasteiger partial charge in [0.15, 0.2) is 0 Å². The summed E-state index contributed by atoms with van der Waals surface area (Å²) in [6.45, 7) is 8.51. The molecule has 4 heteroatoms. The van der Waals surface area contributed by atoms with Crippen molar-refractivity contribution in [3.05, 3.63) is 23.8 Å². The van der Waals surface area contributed by atoms with E-state index in [1.807, 2.05) is 6.07 Å². The van der Waals surface area contributed by atoms with Crippen molar-refractivity contribution in [3.8, 4) is 0 Å². The molecule has 2 N–H and O–H groups in total. The highest BCUT2D eigenvalue weighted by atomic mass is 15.2. The predicted molar refractivity (Wildman–Crippen MR) is 81.3 cm³/mol. The van der Waals surface area contributed by atoms with Crippen LogP contribution >= 0.6 is 0 Å². The van der Waals surface area contributed by atoms with Gasteiger partial charge in [0.05, 0.1) is 11.0 Å². The second kappa shape index (κ2) is 5.61. The van der Waals surface area contributed by atoms with Crippen LogP contribution in [0.1, 0.15) is 25.8 Å². The molecule has 4 nitrogen and oxygen atoms in total. The van der Waals surface area contributed by atoms with Crippen molar-refractivity contribution in [2.75, 3.05) is 19.3 Å². The van der Waals surface area contributed by atoms with Crippen molar-refractivity contribution >= 4 is 17.0 Å². The number of nitrogens with zero attached hydrogens (tertiary/aromatic N) is 3. The Morgan fingerprint density at radius 3 is 2.79 bits per heavy atom. The summed E-state index contributed by atoms with van der Waals surface area (Å²) in [4.78, 5) is 6.76. The molecule has 0 aliphatic rings. The number of aromatic nitrogens is 2. The lowest BCUT2D eigenvalue weighted by molar-refractivity contribution is 0.266. The molecule has 1 aromatic heterocycles. The average Bonchev–Trinajstić information content (AvgIpc) is 2.65. The van der Waals surface area contributed by atoms with Crippen molar-refractivity contribution in [2.45, 2.75) is 39.8 Å². The highest BCUT2D eigenvalue weighted by Crippen LogP contribution is 2.19. The lowest BCUT2D eigenvalue weighted by Gasteiger charge is -2.21. The van der Waals surface area contributed by atoms with Crippen LogP contribution in [-0.4, -0.2) is 34.1 Å². The average molecular weight is 260 g/mol. The third kappa shape index (κ3) is 3.07. The minimum Gasteiger partial charge on any atom is -0.369 e. The molecule has 0 spiro atoms. The highest BCUT2D eigenvalue weighted by molar-refractivity contribution is 5.79. The van der Waals surface area contributed by atoms with Crippen LogP contribution < -0.4 is 5.73 Å². The first kappa shape index (κ1) is 13.9. The zero-order valence-corrected chi connectivity index (χ0v) is 12.3. The molecule has 1 aromatic carbocycles. The largest absolute Gasteiger partial charge is 0.369 e. The summed E-state index contributed by atoms with van der Waals surface area (Å²) in [7, 11) is 2.16. The molecule has 0 fully saturated rings. The molecule has 19 heavy (non-hydrogen) atoms. The molecule has 0 atom stereocenters. The molecule has 0 unspecified atom stereocenters. The number of nitrogen functional groups attached to an aromatic ring is 1. The standard InChI is InChI=1S/C15H24N4/c1-11(2)18(4)8-5-9-19-14-10-12(3)6-7-13(14)17-15(19)16/h6-7,10-11H,5,8-9H2,1-4H3,(H2,16,17). The van der Waals surface area contributed by atoms with E-state index in [0.29, 0.717) is 12.0 Å². The van der Waals surface area contributed by atoms with Gasteiger partial charge in [-0.15, -0.1) is 0 Å². The SMILES string of the molecule is Cc1ccc2nc(N)n(CCCN(C)C(C)C)c2c1. The summed E-state index contributed by atoms with van der Waals surface area (Å²) in [6.07, 6.45) is 1.08. The Bertz CT molecular complexity index is 557. The Balaban J connectivity index is 2.12. The van der Waals surface area contributed by atoms with Gasteiger partial charge < -0.3 is 15.2 Å². The maximum atomic E-state index is 6.02. The van der Waals surface area contributed by atoms with Crippen LogP contribution in [0.5, 0.6) is 0 Å². The lowest BCUT2D eigenvalue weighted by Crippen LogP contribution is -2.28. The van der Waals surface area contributed by atoms with Crippen molar-refractivity contribution in [2.24, 2.45) is 0 Å². The molecule has 0 amide bonds. The van der Waals surface area contributed by atoms with Gasteiger partial charge in [0.2, 0.25) is 5.95 Å². The minimum absolute atomic E-state index is 0.583. The smallest absolute Gasteiger partial charge is 0.201 e. The first-order valence-corrected chi connectivity index (χ1v) is 6.91. The summed E-state index contributed by atoms with van der Waals surface area (Å²) < 4.78 is 2.12. The second-order valence-electron chi connectivity index (χ2n) is 5.54. The normalized spacial score (nSPS) is 11.9. The number of rotatable bonds is 5. The number of nitrogens with two attached hydrogens (primary N) is 1. The third-order valence-electron chi connectivity index (χ3n) is 3.71. The number of imidazole rings is 1. The van der Waals surface area contributed by atoms with Gasteiger partial charge in [-0.05, 0) is 58.5 Å². The molecule has 104 valence electrons. The number of hydrogen-bond acceptors (Lipinski definition) is 3. The fourth-order valence-corrected chi connectivity index (χ4v) is 2.22. The quantitative estimate of drug-likeness (QED) is 0.899. The van der Waals surface area contributed by atoms with E-state index in [1.165, 1.54) is 5.56 Å². The Hall–Kier alpha value is -1.55. The summed E-state index contributed by atoms with van der Waals surface area (Å²) in [6, 6.07) is 6.85. The van der Waals surface area contributed by atoms with Crippen LogP contribution in [-0.2, 0) is 6.54 Å². The predicted octanol–water partition coefficient (Wildman–Crippen LogP) is 2.66. The Morgan fingerprint density at radius 2 is 2.11 bits per heavy atom. The van der Waals surface area contributed by atoms with Crippen molar-refractivity contribution in [1.29, 1.82) is 0 Å². The molecule has 0 aliphatic heterocycles. The molecular formula is C15H24N4. The fraction of sp³-hybridized carbons (Fsp3) is 0.533. The Morgan fingerprint density at radius 1 is 1.37 bits per heavy atom. The minimum atomic E-state index is 0.583. The van der Waals surface area contributed by atoms with Crippen LogP contribution in [0.2, 0.25) is 0 Å². The van der Waals surface area contributed by atoms with E-state index in [9.17, 15) is 0 Å². The van der Waals surface area contributed by atoms with Gasteiger partial charge in [-0.2, -0.15) is 0 Å². The Kier molecular flexibility index (Phi) is 4.10. The summed E-state index contributed by atoms with van der Waals surface area (Å²) >= 11 is 0. The molecule has 1 heterocycles. The highest BCUT2D eigenvalue weighted by Gasteiger charge is 2.09. The number of aryl methyl sites for hydroxylation is 2. The van der Waals surface area contributed by atoms with Crippen LogP contribution in [0, 0.1) is 6.92 Å². The van der Waals surface area contributed by atoms with E-state index >= 15 is 0 Å².